The summed E-state index contributed by atoms with van der Waals surface area (Å²) in [7, 11) is 0. The average molecular weight is 670 g/mol. The molecule has 5 heterocycles. The molecule has 0 radical (unpaired) electrons. The van der Waals surface area contributed by atoms with E-state index in [1.165, 1.54) is 17.0 Å². The van der Waals surface area contributed by atoms with E-state index >= 15 is 0 Å². The van der Waals surface area contributed by atoms with Crippen LogP contribution in [0.1, 0.15) is 55.3 Å². The Bertz CT molecular complexity index is 1700. The van der Waals surface area contributed by atoms with Crippen LogP contribution < -0.4 is 15.0 Å². The standard InChI is InChI=1S/C33H35ClF3N7O3/c1-19(35)29(45)44-11-10-42(17-22(44)5-8-38)28-27-26(39-31(41-28)47-18-32-6-3-9-43(32)16-21(37)14-32)15-33(30(46)40-27)7-2-4-23-24(33)12-20(36)13-25(23)34/h12-13,21-22H,1-7,9-11,14-18H2,(H,40,46)/t21-,22+,32?,33?/m1/s1. The Morgan fingerprint density at radius 1 is 1.21 bits per heavy atom. The molecule has 2 unspecified atom stereocenters. The zero-order valence-corrected chi connectivity index (χ0v) is 26.6. The molecule has 1 spiro atoms. The van der Waals surface area contributed by atoms with Crippen LogP contribution in [0.4, 0.5) is 24.7 Å². The lowest BCUT2D eigenvalue weighted by atomic mass is 9.65. The predicted molar refractivity (Wildman–Crippen MR) is 167 cm³/mol. The number of carbonyl (C=O) groups is 2. The molecule has 2 amide bonds. The van der Waals surface area contributed by atoms with E-state index < -0.39 is 40.7 Å². The second kappa shape index (κ2) is 12.0. The van der Waals surface area contributed by atoms with Crippen LogP contribution in [0.15, 0.2) is 24.5 Å². The normalized spacial score (nSPS) is 28.4. The molecule has 4 atom stereocenters. The third-order valence-electron chi connectivity index (χ3n) is 10.6. The van der Waals surface area contributed by atoms with E-state index in [1.807, 2.05) is 4.90 Å². The summed E-state index contributed by atoms with van der Waals surface area (Å²) in [5.74, 6) is -2.51. The summed E-state index contributed by atoms with van der Waals surface area (Å²) in [6, 6.07) is 4.09. The van der Waals surface area contributed by atoms with Gasteiger partial charge in [0.2, 0.25) is 5.91 Å². The fraction of sp³-hybridized carbons (Fsp3) is 0.545. The minimum atomic E-state index is -1.13. The number of nitrogens with one attached hydrogen (secondary N) is 1. The highest BCUT2D eigenvalue weighted by molar-refractivity contribution is 6.31. The van der Waals surface area contributed by atoms with Crippen molar-refractivity contribution in [3.8, 4) is 12.1 Å². The number of anilines is 2. The lowest BCUT2D eigenvalue weighted by molar-refractivity contribution is -0.131. The number of carbonyl (C=O) groups excluding carboxylic acids is 2. The predicted octanol–water partition coefficient (Wildman–Crippen LogP) is 4.41. The first-order valence-corrected chi connectivity index (χ1v) is 16.4. The van der Waals surface area contributed by atoms with E-state index in [2.05, 4.69) is 22.9 Å². The molecular formula is C33H35ClF3N7O3. The minimum Gasteiger partial charge on any atom is -0.461 e. The molecule has 2 aromatic rings. The number of ether oxygens (including phenoxy) is 1. The summed E-state index contributed by atoms with van der Waals surface area (Å²) in [5, 5.41) is 12.8. The first kappa shape index (κ1) is 31.7. The molecule has 0 bridgehead atoms. The van der Waals surface area contributed by atoms with E-state index in [4.69, 9.17) is 26.3 Å². The first-order valence-electron chi connectivity index (χ1n) is 16.0. The van der Waals surface area contributed by atoms with Crippen LogP contribution in [0, 0.1) is 17.1 Å². The lowest BCUT2D eigenvalue weighted by Gasteiger charge is -2.44. The third-order valence-corrected chi connectivity index (χ3v) is 11.0. The molecule has 14 heteroatoms. The quantitative estimate of drug-likeness (QED) is 0.450. The monoisotopic (exact) mass is 669 g/mol. The SMILES string of the molecule is C=C(F)C(=O)N1CCN(c2nc(OCC34CCCN3C[C@H](F)C4)nc3c2NC(=O)C2(CCCc4c(Cl)cc(F)cc42)C3)C[C@@H]1CC#N. The molecule has 5 aliphatic rings. The van der Waals surface area contributed by atoms with Gasteiger partial charge >= 0.3 is 6.01 Å². The largest absolute Gasteiger partial charge is 0.461 e. The van der Waals surface area contributed by atoms with Crippen molar-refractivity contribution in [2.24, 2.45) is 0 Å². The highest BCUT2D eigenvalue weighted by Gasteiger charge is 2.51. The van der Waals surface area contributed by atoms with Crippen molar-refractivity contribution < 1.29 is 27.5 Å². The molecule has 10 nitrogen and oxygen atoms in total. The molecule has 1 aromatic heterocycles. The van der Waals surface area contributed by atoms with Gasteiger partial charge in [0.15, 0.2) is 11.6 Å². The van der Waals surface area contributed by atoms with Crippen LogP contribution in [0.2, 0.25) is 5.02 Å². The number of halogens is 4. The van der Waals surface area contributed by atoms with Gasteiger partial charge in [-0.05, 0) is 61.9 Å². The van der Waals surface area contributed by atoms with Crippen LogP contribution in [0.3, 0.4) is 0 Å². The molecule has 7 rings (SSSR count). The van der Waals surface area contributed by atoms with Crippen LogP contribution >= 0.6 is 11.6 Å². The van der Waals surface area contributed by atoms with Crippen molar-refractivity contribution in [3.05, 3.63) is 52.2 Å². The fourth-order valence-corrected chi connectivity index (χ4v) is 8.73. The van der Waals surface area contributed by atoms with Gasteiger partial charge in [-0.2, -0.15) is 15.2 Å². The number of benzene rings is 1. The number of piperazine rings is 1. The maximum absolute atomic E-state index is 14.7. The van der Waals surface area contributed by atoms with Crippen molar-refractivity contribution in [1.82, 2.24) is 19.8 Å². The number of hydrogen-bond acceptors (Lipinski definition) is 8. The van der Waals surface area contributed by atoms with Crippen LogP contribution in [0.25, 0.3) is 0 Å². The number of aromatic nitrogens is 2. The Balaban J connectivity index is 1.28. The van der Waals surface area contributed by atoms with Gasteiger partial charge in [-0.25, -0.2) is 13.2 Å². The number of rotatable bonds is 6. The molecule has 1 N–H and O–H groups in total. The van der Waals surface area contributed by atoms with E-state index in [-0.39, 0.29) is 56.0 Å². The van der Waals surface area contributed by atoms with Gasteiger partial charge < -0.3 is 19.9 Å². The maximum Gasteiger partial charge on any atom is 0.318 e. The van der Waals surface area contributed by atoms with Crippen molar-refractivity contribution in [2.45, 2.75) is 74.5 Å². The number of nitrogens with zero attached hydrogens (tertiary/aromatic N) is 6. The molecule has 1 aliphatic carbocycles. The molecule has 248 valence electrons. The van der Waals surface area contributed by atoms with Crippen LogP contribution in [-0.4, -0.2) is 88.7 Å². The third kappa shape index (κ3) is 5.39. The topological polar surface area (TPSA) is 115 Å². The number of hydrogen-bond donors (Lipinski definition) is 1. The average Bonchev–Trinajstić information content (AvgIpc) is 3.56. The number of fused-ring (bicyclic) bond motifs is 4. The summed E-state index contributed by atoms with van der Waals surface area (Å²) in [6.07, 6.45) is 2.95. The van der Waals surface area contributed by atoms with Gasteiger partial charge in [-0.15, -0.1) is 0 Å². The van der Waals surface area contributed by atoms with Gasteiger partial charge in [0.25, 0.3) is 5.91 Å². The van der Waals surface area contributed by atoms with E-state index in [0.29, 0.717) is 55.0 Å². The van der Waals surface area contributed by atoms with Gasteiger partial charge in [0.1, 0.15) is 24.3 Å². The first-order chi connectivity index (χ1) is 22.5. The second-order valence-corrected chi connectivity index (χ2v) is 13.8. The smallest absolute Gasteiger partial charge is 0.318 e. The van der Waals surface area contributed by atoms with E-state index in [1.54, 1.807) is 0 Å². The van der Waals surface area contributed by atoms with Crippen molar-refractivity contribution >= 4 is 34.9 Å². The number of amides is 2. The summed E-state index contributed by atoms with van der Waals surface area (Å²) < 4.78 is 49.4. The molecule has 3 fully saturated rings. The van der Waals surface area contributed by atoms with Gasteiger partial charge in [-0.3, -0.25) is 14.5 Å². The Morgan fingerprint density at radius 3 is 2.83 bits per heavy atom. The van der Waals surface area contributed by atoms with E-state index in [0.717, 1.165) is 24.9 Å². The van der Waals surface area contributed by atoms with Crippen LogP contribution in [-0.2, 0) is 27.8 Å². The summed E-state index contributed by atoms with van der Waals surface area (Å²) in [4.78, 5) is 41.5. The summed E-state index contributed by atoms with van der Waals surface area (Å²) in [6.45, 7) is 4.90. The molecule has 3 saturated heterocycles. The number of alkyl halides is 1. The molecule has 1 aromatic carbocycles. The zero-order chi connectivity index (χ0) is 33.1. The van der Waals surface area contributed by atoms with Gasteiger partial charge in [0, 0.05) is 44.0 Å². The fourth-order valence-electron chi connectivity index (χ4n) is 8.42. The van der Waals surface area contributed by atoms with Crippen molar-refractivity contribution in [1.29, 1.82) is 5.26 Å². The van der Waals surface area contributed by atoms with Crippen molar-refractivity contribution in [3.63, 3.8) is 0 Å². The molecule has 47 heavy (non-hydrogen) atoms. The summed E-state index contributed by atoms with van der Waals surface area (Å²) in [5.41, 5.74) is 0.537. The minimum absolute atomic E-state index is 0.0503. The Hall–Kier alpha value is -3.89. The Kier molecular flexibility index (Phi) is 8.07. The zero-order valence-electron chi connectivity index (χ0n) is 25.8. The van der Waals surface area contributed by atoms with Gasteiger partial charge in [-0.1, -0.05) is 18.2 Å². The van der Waals surface area contributed by atoms with Crippen LogP contribution in [0.5, 0.6) is 6.01 Å². The van der Waals surface area contributed by atoms with Crippen molar-refractivity contribution in [2.75, 3.05) is 49.5 Å². The maximum atomic E-state index is 14.7. The highest BCUT2D eigenvalue weighted by atomic mass is 35.5. The number of nitriles is 1. The summed E-state index contributed by atoms with van der Waals surface area (Å²) >= 11 is 6.47. The second-order valence-electron chi connectivity index (χ2n) is 13.4. The Morgan fingerprint density at radius 2 is 2.04 bits per heavy atom. The lowest BCUT2D eigenvalue weighted by Crippen LogP contribution is -2.56. The highest BCUT2D eigenvalue weighted by Crippen LogP contribution is 2.48. The Labute approximate surface area is 275 Å². The van der Waals surface area contributed by atoms with Gasteiger partial charge in [0.05, 0.1) is 35.2 Å². The molecule has 4 aliphatic heterocycles. The van der Waals surface area contributed by atoms with E-state index in [9.17, 15) is 28.0 Å². The molecule has 0 saturated carbocycles. The molecular weight excluding hydrogens is 635 g/mol.